The number of rotatable bonds is 5. The first-order valence-corrected chi connectivity index (χ1v) is 9.58. The number of hydrogen-bond acceptors (Lipinski definition) is 4. The van der Waals surface area contributed by atoms with E-state index in [9.17, 15) is 4.79 Å². The van der Waals surface area contributed by atoms with Gasteiger partial charge in [0.05, 0.1) is 6.04 Å². The van der Waals surface area contributed by atoms with Crippen LogP contribution in [0.15, 0.2) is 30.6 Å². The fraction of sp³-hybridized carbons (Fsp3) is 0.550. The van der Waals surface area contributed by atoms with Gasteiger partial charge in [-0.15, -0.1) is 0 Å². The first kappa shape index (κ1) is 17.2. The Morgan fingerprint density at radius 1 is 1.19 bits per heavy atom. The molecule has 6 nitrogen and oxygen atoms in total. The van der Waals surface area contributed by atoms with Gasteiger partial charge < -0.3 is 9.64 Å². The zero-order chi connectivity index (χ0) is 17.9. The summed E-state index contributed by atoms with van der Waals surface area (Å²) in [6.07, 6.45) is 5.62. The number of benzene rings is 1. The summed E-state index contributed by atoms with van der Waals surface area (Å²) < 4.78 is 7.39. The Labute approximate surface area is 154 Å². The van der Waals surface area contributed by atoms with Gasteiger partial charge in [0, 0.05) is 25.6 Å². The number of piperidine rings is 1. The van der Waals surface area contributed by atoms with Gasteiger partial charge in [-0.2, -0.15) is 5.10 Å². The van der Waals surface area contributed by atoms with Crippen LogP contribution in [0.2, 0.25) is 0 Å². The van der Waals surface area contributed by atoms with Crippen LogP contribution in [-0.4, -0.2) is 51.9 Å². The maximum absolute atomic E-state index is 12.1. The molecule has 1 aromatic carbocycles. The summed E-state index contributed by atoms with van der Waals surface area (Å²) in [5.74, 6) is 1.55. The minimum Gasteiger partial charge on any atom is -0.372 e. The highest BCUT2D eigenvalue weighted by Crippen LogP contribution is 2.33. The molecule has 2 heterocycles. The van der Waals surface area contributed by atoms with E-state index in [4.69, 9.17) is 4.74 Å². The second-order valence-corrected chi connectivity index (χ2v) is 7.19. The summed E-state index contributed by atoms with van der Waals surface area (Å²) >= 11 is 0. The van der Waals surface area contributed by atoms with E-state index in [1.807, 2.05) is 11.8 Å². The average Bonchev–Trinajstić information content (AvgIpc) is 3.32. The van der Waals surface area contributed by atoms with Gasteiger partial charge in [-0.05, 0) is 43.7 Å². The number of nitrogens with zero attached hydrogens (tertiary/aromatic N) is 4. The molecule has 138 valence electrons. The van der Waals surface area contributed by atoms with Crippen molar-refractivity contribution in [2.75, 3.05) is 26.3 Å². The molecule has 0 bridgehead atoms. The third-order valence-corrected chi connectivity index (χ3v) is 5.62. The molecule has 1 aromatic heterocycles. The van der Waals surface area contributed by atoms with Gasteiger partial charge in [-0.25, -0.2) is 9.67 Å². The zero-order valence-electron chi connectivity index (χ0n) is 15.3. The number of likely N-dealkylation sites (tertiary alicyclic amines) is 1. The van der Waals surface area contributed by atoms with Crippen LogP contribution in [0.3, 0.4) is 0 Å². The summed E-state index contributed by atoms with van der Waals surface area (Å²) in [5.41, 5.74) is 2.85. The summed E-state index contributed by atoms with van der Waals surface area (Å²) in [7, 11) is 0. The SMILES string of the molecule is CCOCC(=O)N1CCC(c2ncnn2C2Cc3ccccc3C2)CC1. The van der Waals surface area contributed by atoms with Crippen molar-refractivity contribution in [3.05, 3.63) is 47.5 Å². The Morgan fingerprint density at radius 3 is 2.54 bits per heavy atom. The lowest BCUT2D eigenvalue weighted by atomic mass is 9.95. The number of aromatic nitrogens is 3. The van der Waals surface area contributed by atoms with Crippen LogP contribution in [0.25, 0.3) is 0 Å². The van der Waals surface area contributed by atoms with Crippen molar-refractivity contribution >= 4 is 5.91 Å². The molecule has 0 radical (unpaired) electrons. The van der Waals surface area contributed by atoms with Crippen LogP contribution < -0.4 is 0 Å². The highest BCUT2D eigenvalue weighted by atomic mass is 16.5. The van der Waals surface area contributed by atoms with Crippen LogP contribution in [0.5, 0.6) is 0 Å². The Kier molecular flexibility index (Phi) is 5.02. The van der Waals surface area contributed by atoms with Gasteiger partial charge in [-0.3, -0.25) is 4.79 Å². The molecule has 1 saturated heterocycles. The van der Waals surface area contributed by atoms with E-state index in [1.165, 1.54) is 11.1 Å². The summed E-state index contributed by atoms with van der Waals surface area (Å²) in [6.45, 7) is 4.23. The quantitative estimate of drug-likeness (QED) is 0.827. The molecular formula is C20H26N4O2. The standard InChI is InChI=1S/C20H26N4O2/c1-2-26-13-19(25)23-9-7-15(8-10-23)20-21-14-22-24(20)18-11-16-5-3-4-6-17(16)12-18/h3-6,14-15,18H,2,7-13H2,1H3. The second-order valence-electron chi connectivity index (χ2n) is 7.19. The van der Waals surface area contributed by atoms with Crippen LogP contribution >= 0.6 is 0 Å². The summed E-state index contributed by atoms with van der Waals surface area (Å²) in [4.78, 5) is 18.6. The van der Waals surface area contributed by atoms with Gasteiger partial charge in [0.1, 0.15) is 18.8 Å². The average molecular weight is 354 g/mol. The molecule has 0 atom stereocenters. The van der Waals surface area contributed by atoms with Crippen molar-refractivity contribution in [3.8, 4) is 0 Å². The molecule has 26 heavy (non-hydrogen) atoms. The number of carbonyl (C=O) groups is 1. The van der Waals surface area contributed by atoms with Crippen LogP contribution in [0, 0.1) is 0 Å². The third kappa shape index (κ3) is 3.38. The molecule has 2 aliphatic rings. The van der Waals surface area contributed by atoms with Crippen LogP contribution in [0.1, 0.15) is 48.7 Å². The van der Waals surface area contributed by atoms with Gasteiger partial charge in [0.25, 0.3) is 0 Å². The molecule has 0 unspecified atom stereocenters. The predicted molar refractivity (Wildman–Crippen MR) is 98.0 cm³/mol. The molecule has 0 saturated carbocycles. The topological polar surface area (TPSA) is 60.2 Å². The van der Waals surface area contributed by atoms with E-state index in [-0.39, 0.29) is 12.5 Å². The molecule has 1 aliphatic carbocycles. The maximum atomic E-state index is 12.1. The first-order valence-electron chi connectivity index (χ1n) is 9.58. The Bertz CT molecular complexity index is 740. The Hall–Kier alpha value is -2.21. The predicted octanol–water partition coefficient (Wildman–Crippen LogP) is 2.36. The highest BCUT2D eigenvalue weighted by Gasteiger charge is 2.30. The fourth-order valence-electron chi connectivity index (χ4n) is 4.21. The number of carbonyl (C=O) groups excluding carboxylic acids is 1. The molecular weight excluding hydrogens is 328 g/mol. The normalized spacial score (nSPS) is 18.3. The van der Waals surface area contributed by atoms with E-state index in [0.717, 1.165) is 44.6 Å². The lowest BCUT2D eigenvalue weighted by Crippen LogP contribution is -2.40. The molecule has 0 spiro atoms. The molecule has 2 aromatic rings. The van der Waals surface area contributed by atoms with Crippen molar-refractivity contribution in [2.45, 2.75) is 44.6 Å². The van der Waals surface area contributed by atoms with Gasteiger partial charge in [-0.1, -0.05) is 24.3 Å². The molecule has 4 rings (SSSR count). The monoisotopic (exact) mass is 354 g/mol. The van der Waals surface area contributed by atoms with Gasteiger partial charge >= 0.3 is 0 Å². The van der Waals surface area contributed by atoms with Gasteiger partial charge in [0.15, 0.2) is 0 Å². The van der Waals surface area contributed by atoms with Gasteiger partial charge in [0.2, 0.25) is 5.91 Å². The maximum Gasteiger partial charge on any atom is 0.248 e. The van der Waals surface area contributed by atoms with E-state index >= 15 is 0 Å². The fourth-order valence-corrected chi connectivity index (χ4v) is 4.21. The van der Waals surface area contributed by atoms with Crippen molar-refractivity contribution in [3.63, 3.8) is 0 Å². The third-order valence-electron chi connectivity index (χ3n) is 5.62. The zero-order valence-corrected chi connectivity index (χ0v) is 15.3. The second kappa shape index (κ2) is 7.58. The summed E-state index contributed by atoms with van der Waals surface area (Å²) in [5, 5.41) is 4.56. The number of hydrogen-bond donors (Lipinski definition) is 0. The lowest BCUT2D eigenvalue weighted by Gasteiger charge is -2.32. The molecule has 1 fully saturated rings. The highest BCUT2D eigenvalue weighted by molar-refractivity contribution is 5.77. The van der Waals surface area contributed by atoms with Crippen molar-refractivity contribution in [1.82, 2.24) is 19.7 Å². The van der Waals surface area contributed by atoms with Crippen LogP contribution in [-0.2, 0) is 22.4 Å². The number of ether oxygens (including phenoxy) is 1. The Morgan fingerprint density at radius 2 is 1.88 bits per heavy atom. The van der Waals surface area contributed by atoms with E-state index in [0.29, 0.717) is 18.6 Å². The smallest absolute Gasteiger partial charge is 0.248 e. The summed E-state index contributed by atoms with van der Waals surface area (Å²) in [6, 6.07) is 9.02. The molecule has 1 aliphatic heterocycles. The largest absolute Gasteiger partial charge is 0.372 e. The Balaban J connectivity index is 1.40. The molecule has 6 heteroatoms. The van der Waals surface area contributed by atoms with E-state index < -0.39 is 0 Å². The van der Waals surface area contributed by atoms with E-state index in [1.54, 1.807) is 6.33 Å². The van der Waals surface area contributed by atoms with Crippen molar-refractivity contribution < 1.29 is 9.53 Å². The lowest BCUT2D eigenvalue weighted by molar-refractivity contribution is -0.137. The minimum atomic E-state index is 0.0954. The molecule has 1 amide bonds. The van der Waals surface area contributed by atoms with Crippen molar-refractivity contribution in [1.29, 1.82) is 0 Å². The molecule has 0 N–H and O–H groups in total. The number of amides is 1. The minimum absolute atomic E-state index is 0.0954. The first-order chi connectivity index (χ1) is 12.8. The number of fused-ring (bicyclic) bond motifs is 1. The van der Waals surface area contributed by atoms with Crippen molar-refractivity contribution in [2.24, 2.45) is 0 Å². The van der Waals surface area contributed by atoms with E-state index in [2.05, 4.69) is 39.0 Å². The van der Waals surface area contributed by atoms with Crippen LogP contribution in [0.4, 0.5) is 0 Å².